The van der Waals surface area contributed by atoms with Gasteiger partial charge in [0.25, 0.3) is 5.91 Å². The van der Waals surface area contributed by atoms with Gasteiger partial charge in [0, 0.05) is 30.2 Å². The Hall–Kier alpha value is -2.86. The lowest BCUT2D eigenvalue weighted by Crippen LogP contribution is -2.28. The summed E-state index contributed by atoms with van der Waals surface area (Å²) in [6, 6.07) is 10.8. The molecule has 0 unspecified atom stereocenters. The van der Waals surface area contributed by atoms with Gasteiger partial charge in [-0.2, -0.15) is 5.10 Å². The Bertz CT molecular complexity index is 865. The molecular formula is C18H17ClN4O2. The number of amides is 1. The average Bonchev–Trinajstić information content (AvgIpc) is 3.14. The van der Waals surface area contributed by atoms with Crippen LogP contribution in [0.25, 0.3) is 5.82 Å². The number of halogens is 1. The third kappa shape index (κ3) is 4.58. The number of benzene rings is 1. The van der Waals surface area contributed by atoms with Crippen molar-refractivity contribution in [1.82, 2.24) is 20.1 Å². The van der Waals surface area contributed by atoms with E-state index in [1.165, 1.54) is 0 Å². The molecule has 2 aromatic heterocycles. The molecule has 3 aromatic rings. The topological polar surface area (TPSA) is 69.0 Å². The summed E-state index contributed by atoms with van der Waals surface area (Å²) in [4.78, 5) is 16.2. The molecule has 128 valence electrons. The average molecular weight is 357 g/mol. The number of rotatable bonds is 6. The normalized spacial score (nSPS) is 10.5. The highest BCUT2D eigenvalue weighted by Gasteiger charge is 2.06. The zero-order valence-corrected chi connectivity index (χ0v) is 14.4. The van der Waals surface area contributed by atoms with Crippen LogP contribution in [0.1, 0.15) is 11.1 Å². The quantitative estimate of drug-likeness (QED) is 0.737. The smallest absolute Gasteiger partial charge is 0.258 e. The summed E-state index contributed by atoms with van der Waals surface area (Å²) in [6.07, 6.45) is 5.19. The van der Waals surface area contributed by atoms with Gasteiger partial charge < -0.3 is 10.1 Å². The number of pyridine rings is 1. The Morgan fingerprint density at radius 1 is 1.28 bits per heavy atom. The van der Waals surface area contributed by atoms with Gasteiger partial charge in [-0.15, -0.1) is 0 Å². The van der Waals surface area contributed by atoms with E-state index in [0.717, 1.165) is 11.1 Å². The lowest BCUT2D eigenvalue weighted by molar-refractivity contribution is -0.123. The van der Waals surface area contributed by atoms with Crippen molar-refractivity contribution in [3.05, 3.63) is 71.1 Å². The van der Waals surface area contributed by atoms with E-state index in [1.807, 2.05) is 31.3 Å². The minimum Gasteiger partial charge on any atom is -0.484 e. The van der Waals surface area contributed by atoms with Crippen LogP contribution in [0, 0.1) is 6.92 Å². The molecule has 0 atom stereocenters. The molecule has 0 saturated heterocycles. The Morgan fingerprint density at radius 3 is 2.92 bits per heavy atom. The molecular weight excluding hydrogens is 340 g/mol. The van der Waals surface area contributed by atoms with Gasteiger partial charge in [-0.05, 0) is 54.4 Å². The maximum Gasteiger partial charge on any atom is 0.258 e. The number of aromatic nitrogens is 3. The first-order valence-corrected chi connectivity index (χ1v) is 8.10. The fourth-order valence-corrected chi connectivity index (χ4v) is 2.50. The Balaban J connectivity index is 1.53. The highest BCUT2D eigenvalue weighted by Crippen LogP contribution is 2.21. The Morgan fingerprint density at radius 2 is 2.16 bits per heavy atom. The van der Waals surface area contributed by atoms with Crippen molar-refractivity contribution in [2.24, 2.45) is 0 Å². The van der Waals surface area contributed by atoms with Crippen molar-refractivity contribution in [1.29, 1.82) is 0 Å². The zero-order chi connectivity index (χ0) is 17.6. The summed E-state index contributed by atoms with van der Waals surface area (Å²) < 4.78 is 7.19. The molecule has 0 spiro atoms. The number of hydrogen-bond acceptors (Lipinski definition) is 4. The fraction of sp³-hybridized carbons (Fsp3) is 0.167. The Labute approximate surface area is 150 Å². The summed E-state index contributed by atoms with van der Waals surface area (Å²) in [5.41, 5.74) is 1.81. The second-order valence-electron chi connectivity index (χ2n) is 5.45. The molecule has 6 nitrogen and oxygen atoms in total. The van der Waals surface area contributed by atoms with Crippen molar-refractivity contribution in [2.75, 3.05) is 6.61 Å². The standard InChI is InChI=1S/C18H17ClN4O2/c1-13-9-15(19)3-4-16(13)25-12-18(24)21-11-14-5-7-20-17(10-14)23-8-2-6-22-23/h2-10H,11-12H2,1H3,(H,21,24). The molecule has 3 rings (SSSR count). The molecule has 0 aliphatic rings. The molecule has 0 radical (unpaired) electrons. The number of nitrogens with zero attached hydrogens (tertiary/aromatic N) is 3. The number of aryl methyl sites for hydroxylation is 1. The van der Waals surface area contributed by atoms with Crippen LogP contribution in [-0.2, 0) is 11.3 Å². The molecule has 0 aliphatic heterocycles. The lowest BCUT2D eigenvalue weighted by Gasteiger charge is -2.10. The van der Waals surface area contributed by atoms with Crippen LogP contribution in [0.15, 0.2) is 55.0 Å². The summed E-state index contributed by atoms with van der Waals surface area (Å²) in [7, 11) is 0. The first-order chi connectivity index (χ1) is 12.1. The van der Waals surface area contributed by atoms with Crippen molar-refractivity contribution < 1.29 is 9.53 Å². The minimum atomic E-state index is -0.202. The predicted molar refractivity (Wildman–Crippen MR) is 94.9 cm³/mol. The van der Waals surface area contributed by atoms with Crippen LogP contribution in [0.4, 0.5) is 0 Å². The molecule has 0 bridgehead atoms. The first kappa shape index (κ1) is 17.0. The molecule has 0 fully saturated rings. The summed E-state index contributed by atoms with van der Waals surface area (Å²) >= 11 is 5.90. The van der Waals surface area contributed by atoms with Gasteiger partial charge in [-0.1, -0.05) is 11.6 Å². The SMILES string of the molecule is Cc1cc(Cl)ccc1OCC(=O)NCc1ccnc(-n2cccn2)c1. The molecule has 7 heteroatoms. The highest BCUT2D eigenvalue weighted by atomic mass is 35.5. The van der Waals surface area contributed by atoms with E-state index in [-0.39, 0.29) is 12.5 Å². The monoisotopic (exact) mass is 356 g/mol. The van der Waals surface area contributed by atoms with Crippen molar-refractivity contribution in [3.63, 3.8) is 0 Å². The number of carbonyl (C=O) groups is 1. The van der Waals surface area contributed by atoms with Gasteiger partial charge in [-0.25, -0.2) is 9.67 Å². The van der Waals surface area contributed by atoms with E-state index in [2.05, 4.69) is 15.4 Å². The Kier molecular flexibility index (Phi) is 5.30. The van der Waals surface area contributed by atoms with Crippen LogP contribution in [0.2, 0.25) is 5.02 Å². The van der Waals surface area contributed by atoms with E-state index in [1.54, 1.807) is 35.3 Å². The molecule has 0 aliphatic carbocycles. The molecule has 1 aromatic carbocycles. The van der Waals surface area contributed by atoms with Gasteiger partial charge in [0.2, 0.25) is 0 Å². The van der Waals surface area contributed by atoms with E-state index in [9.17, 15) is 4.79 Å². The number of carbonyl (C=O) groups excluding carboxylic acids is 1. The maximum absolute atomic E-state index is 12.0. The van der Waals surface area contributed by atoms with Gasteiger partial charge in [0.05, 0.1) is 0 Å². The van der Waals surface area contributed by atoms with Gasteiger partial charge in [-0.3, -0.25) is 4.79 Å². The molecule has 0 saturated carbocycles. The number of hydrogen-bond donors (Lipinski definition) is 1. The summed E-state index contributed by atoms with van der Waals surface area (Å²) in [5.74, 6) is 1.14. The van der Waals surface area contributed by atoms with Gasteiger partial charge >= 0.3 is 0 Å². The summed E-state index contributed by atoms with van der Waals surface area (Å²) in [5, 5.41) is 7.60. The molecule has 1 N–H and O–H groups in total. The van der Waals surface area contributed by atoms with E-state index >= 15 is 0 Å². The number of ether oxygens (including phenoxy) is 1. The molecule has 1 amide bonds. The van der Waals surface area contributed by atoms with Gasteiger partial charge in [0.15, 0.2) is 12.4 Å². The second-order valence-corrected chi connectivity index (χ2v) is 5.88. The number of nitrogens with one attached hydrogen (secondary N) is 1. The zero-order valence-electron chi connectivity index (χ0n) is 13.6. The van der Waals surface area contributed by atoms with Gasteiger partial charge in [0.1, 0.15) is 5.75 Å². The van der Waals surface area contributed by atoms with Crippen molar-refractivity contribution in [3.8, 4) is 11.6 Å². The first-order valence-electron chi connectivity index (χ1n) is 7.72. The third-order valence-corrected chi connectivity index (χ3v) is 3.77. The maximum atomic E-state index is 12.0. The lowest BCUT2D eigenvalue weighted by atomic mass is 10.2. The predicted octanol–water partition coefficient (Wildman–Crippen LogP) is 2.92. The highest BCUT2D eigenvalue weighted by molar-refractivity contribution is 6.30. The van der Waals surface area contributed by atoms with E-state index in [0.29, 0.717) is 23.1 Å². The van der Waals surface area contributed by atoms with Crippen LogP contribution >= 0.6 is 11.6 Å². The molecule has 2 heterocycles. The van der Waals surface area contributed by atoms with E-state index < -0.39 is 0 Å². The second kappa shape index (κ2) is 7.81. The summed E-state index contributed by atoms with van der Waals surface area (Å²) in [6.45, 7) is 2.21. The fourth-order valence-electron chi connectivity index (χ4n) is 2.27. The molecule has 25 heavy (non-hydrogen) atoms. The van der Waals surface area contributed by atoms with Crippen LogP contribution < -0.4 is 10.1 Å². The minimum absolute atomic E-state index is 0.0560. The third-order valence-electron chi connectivity index (χ3n) is 3.53. The van der Waals surface area contributed by atoms with Crippen LogP contribution in [0.3, 0.4) is 0 Å². The van der Waals surface area contributed by atoms with Crippen molar-refractivity contribution in [2.45, 2.75) is 13.5 Å². The largest absolute Gasteiger partial charge is 0.484 e. The van der Waals surface area contributed by atoms with E-state index in [4.69, 9.17) is 16.3 Å². The van der Waals surface area contributed by atoms with Crippen LogP contribution in [-0.4, -0.2) is 27.3 Å². The van der Waals surface area contributed by atoms with Crippen LogP contribution in [0.5, 0.6) is 5.75 Å². The van der Waals surface area contributed by atoms with Crippen molar-refractivity contribution >= 4 is 17.5 Å².